The van der Waals surface area contributed by atoms with E-state index in [-0.39, 0.29) is 6.79 Å². The normalized spacial score (nSPS) is 10.2. The van der Waals surface area contributed by atoms with Gasteiger partial charge in [0, 0.05) is 13.2 Å². The second kappa shape index (κ2) is 7.09. The van der Waals surface area contributed by atoms with Gasteiger partial charge in [-0.2, -0.15) is 0 Å². The molecule has 0 aliphatic rings. The van der Waals surface area contributed by atoms with Crippen molar-refractivity contribution in [1.29, 1.82) is 0 Å². The van der Waals surface area contributed by atoms with E-state index in [4.69, 9.17) is 19.9 Å². The van der Waals surface area contributed by atoms with Gasteiger partial charge in [-0.25, -0.2) is 0 Å². The number of hydrogen-bond acceptors (Lipinski definition) is 4. The Morgan fingerprint density at radius 1 is 1.06 bits per heavy atom. The SMILES string of the molecule is CCOCOc1ccc(CN)cc1OCC. The highest BCUT2D eigenvalue weighted by Gasteiger charge is 2.05. The summed E-state index contributed by atoms with van der Waals surface area (Å²) in [5, 5.41) is 0. The van der Waals surface area contributed by atoms with Crippen LogP contribution in [0.4, 0.5) is 0 Å². The molecule has 0 bridgehead atoms. The fourth-order valence-corrected chi connectivity index (χ4v) is 1.26. The molecule has 16 heavy (non-hydrogen) atoms. The van der Waals surface area contributed by atoms with Gasteiger partial charge in [0.1, 0.15) is 0 Å². The summed E-state index contributed by atoms with van der Waals surface area (Å²) in [5.74, 6) is 1.40. The second-order valence-corrected chi connectivity index (χ2v) is 3.17. The van der Waals surface area contributed by atoms with Gasteiger partial charge in [0.25, 0.3) is 0 Å². The average molecular weight is 225 g/mol. The van der Waals surface area contributed by atoms with Crippen molar-refractivity contribution in [2.75, 3.05) is 20.0 Å². The first-order chi connectivity index (χ1) is 7.81. The molecule has 0 unspecified atom stereocenters. The number of nitrogens with two attached hydrogens (primary N) is 1. The molecule has 4 nitrogen and oxygen atoms in total. The maximum absolute atomic E-state index is 5.57. The van der Waals surface area contributed by atoms with Gasteiger partial charge in [-0.3, -0.25) is 0 Å². The van der Waals surface area contributed by atoms with Gasteiger partial charge >= 0.3 is 0 Å². The van der Waals surface area contributed by atoms with Gasteiger partial charge in [0.15, 0.2) is 18.3 Å². The van der Waals surface area contributed by atoms with Gasteiger partial charge in [-0.05, 0) is 31.5 Å². The zero-order chi connectivity index (χ0) is 11.8. The van der Waals surface area contributed by atoms with Gasteiger partial charge in [0.05, 0.1) is 6.61 Å². The topological polar surface area (TPSA) is 53.7 Å². The molecule has 1 aromatic carbocycles. The Balaban J connectivity index is 2.72. The van der Waals surface area contributed by atoms with Crippen LogP contribution in [0.3, 0.4) is 0 Å². The monoisotopic (exact) mass is 225 g/mol. The summed E-state index contributed by atoms with van der Waals surface area (Å²) < 4.78 is 16.0. The van der Waals surface area contributed by atoms with E-state index in [2.05, 4.69) is 0 Å². The molecule has 0 aromatic heterocycles. The van der Waals surface area contributed by atoms with Crippen LogP contribution in [0.1, 0.15) is 19.4 Å². The molecule has 0 radical (unpaired) electrons. The van der Waals surface area contributed by atoms with E-state index in [1.807, 2.05) is 32.0 Å². The molecule has 4 heteroatoms. The van der Waals surface area contributed by atoms with E-state index in [1.165, 1.54) is 0 Å². The molecule has 0 fully saturated rings. The lowest BCUT2D eigenvalue weighted by Crippen LogP contribution is -2.05. The van der Waals surface area contributed by atoms with Crippen molar-refractivity contribution in [3.05, 3.63) is 23.8 Å². The Morgan fingerprint density at radius 3 is 2.50 bits per heavy atom. The lowest BCUT2D eigenvalue weighted by molar-refractivity contribution is 0.0206. The molecule has 0 atom stereocenters. The van der Waals surface area contributed by atoms with E-state index in [0.29, 0.717) is 31.3 Å². The smallest absolute Gasteiger partial charge is 0.189 e. The molecular weight excluding hydrogens is 206 g/mol. The number of rotatable bonds is 7. The molecule has 0 heterocycles. The number of benzene rings is 1. The van der Waals surface area contributed by atoms with Crippen LogP contribution in [-0.2, 0) is 11.3 Å². The highest BCUT2D eigenvalue weighted by Crippen LogP contribution is 2.28. The first-order valence-electron chi connectivity index (χ1n) is 5.48. The van der Waals surface area contributed by atoms with Crippen molar-refractivity contribution in [3.8, 4) is 11.5 Å². The van der Waals surface area contributed by atoms with Crippen LogP contribution in [0.15, 0.2) is 18.2 Å². The molecule has 0 spiro atoms. The van der Waals surface area contributed by atoms with Crippen molar-refractivity contribution in [3.63, 3.8) is 0 Å². The minimum Gasteiger partial charge on any atom is -0.490 e. The Morgan fingerprint density at radius 2 is 1.88 bits per heavy atom. The predicted molar refractivity (Wildman–Crippen MR) is 62.6 cm³/mol. The van der Waals surface area contributed by atoms with Crippen molar-refractivity contribution in [1.82, 2.24) is 0 Å². The number of ether oxygens (including phenoxy) is 3. The fraction of sp³-hybridized carbons (Fsp3) is 0.500. The van der Waals surface area contributed by atoms with E-state index in [1.54, 1.807) is 0 Å². The van der Waals surface area contributed by atoms with Crippen LogP contribution in [0.25, 0.3) is 0 Å². The summed E-state index contributed by atoms with van der Waals surface area (Å²) in [5.41, 5.74) is 6.59. The van der Waals surface area contributed by atoms with Crippen LogP contribution < -0.4 is 15.2 Å². The molecule has 0 aliphatic heterocycles. The standard InChI is InChI=1S/C12H19NO3/c1-3-14-9-16-11-6-5-10(8-13)7-12(11)15-4-2/h5-7H,3-4,8-9,13H2,1-2H3. The highest BCUT2D eigenvalue weighted by atomic mass is 16.7. The van der Waals surface area contributed by atoms with Crippen LogP contribution in [-0.4, -0.2) is 20.0 Å². The maximum atomic E-state index is 5.57. The summed E-state index contributed by atoms with van der Waals surface area (Å²) in [6.45, 7) is 5.81. The van der Waals surface area contributed by atoms with Gasteiger partial charge < -0.3 is 19.9 Å². The molecule has 0 aliphatic carbocycles. The van der Waals surface area contributed by atoms with Crippen molar-refractivity contribution in [2.45, 2.75) is 20.4 Å². The summed E-state index contributed by atoms with van der Waals surface area (Å²) >= 11 is 0. The van der Waals surface area contributed by atoms with E-state index < -0.39 is 0 Å². The Kier molecular flexibility index (Phi) is 5.67. The van der Waals surface area contributed by atoms with E-state index >= 15 is 0 Å². The van der Waals surface area contributed by atoms with E-state index in [9.17, 15) is 0 Å². The molecule has 0 saturated heterocycles. The van der Waals surface area contributed by atoms with Crippen molar-refractivity contribution in [2.24, 2.45) is 5.73 Å². The third-order valence-electron chi connectivity index (χ3n) is 2.05. The molecule has 1 rings (SSSR count). The quantitative estimate of drug-likeness (QED) is 0.569. The number of hydrogen-bond donors (Lipinski definition) is 1. The van der Waals surface area contributed by atoms with Gasteiger partial charge in [0.2, 0.25) is 0 Å². The summed E-state index contributed by atoms with van der Waals surface area (Å²) in [6.07, 6.45) is 0. The molecule has 1 aromatic rings. The Labute approximate surface area is 96.3 Å². The summed E-state index contributed by atoms with van der Waals surface area (Å²) in [6, 6.07) is 5.67. The van der Waals surface area contributed by atoms with Crippen molar-refractivity contribution < 1.29 is 14.2 Å². The second-order valence-electron chi connectivity index (χ2n) is 3.17. The molecule has 0 saturated carbocycles. The minimum absolute atomic E-state index is 0.235. The van der Waals surface area contributed by atoms with Crippen LogP contribution in [0.5, 0.6) is 11.5 Å². The first kappa shape index (κ1) is 12.8. The van der Waals surface area contributed by atoms with Crippen LogP contribution in [0.2, 0.25) is 0 Å². The minimum atomic E-state index is 0.235. The highest BCUT2D eigenvalue weighted by molar-refractivity contribution is 5.42. The van der Waals surface area contributed by atoms with Gasteiger partial charge in [-0.1, -0.05) is 6.07 Å². The maximum Gasteiger partial charge on any atom is 0.189 e. The fourth-order valence-electron chi connectivity index (χ4n) is 1.26. The summed E-state index contributed by atoms with van der Waals surface area (Å²) in [7, 11) is 0. The lowest BCUT2D eigenvalue weighted by atomic mass is 10.2. The molecule has 0 amide bonds. The predicted octanol–water partition coefficient (Wildman–Crippen LogP) is 1.92. The lowest BCUT2D eigenvalue weighted by Gasteiger charge is -2.12. The largest absolute Gasteiger partial charge is 0.490 e. The Hall–Kier alpha value is -1.26. The summed E-state index contributed by atoms with van der Waals surface area (Å²) in [4.78, 5) is 0. The molecular formula is C12H19NO3. The third kappa shape index (κ3) is 3.72. The zero-order valence-electron chi connectivity index (χ0n) is 9.86. The Bertz CT molecular complexity index is 315. The zero-order valence-corrected chi connectivity index (χ0v) is 9.86. The molecule has 90 valence electrons. The average Bonchev–Trinajstić information content (AvgIpc) is 2.31. The first-order valence-corrected chi connectivity index (χ1v) is 5.48. The van der Waals surface area contributed by atoms with Crippen LogP contribution >= 0.6 is 0 Å². The third-order valence-corrected chi connectivity index (χ3v) is 2.05. The molecule has 2 N–H and O–H groups in total. The van der Waals surface area contributed by atoms with E-state index in [0.717, 1.165) is 5.56 Å². The van der Waals surface area contributed by atoms with Crippen molar-refractivity contribution >= 4 is 0 Å². The van der Waals surface area contributed by atoms with Gasteiger partial charge in [-0.15, -0.1) is 0 Å². The van der Waals surface area contributed by atoms with Crippen LogP contribution in [0, 0.1) is 0 Å².